The lowest BCUT2D eigenvalue weighted by atomic mass is 10.5. The third-order valence-electron chi connectivity index (χ3n) is 1.34. The molecule has 0 unspecified atom stereocenters. The molecule has 0 aromatic carbocycles. The molecule has 0 spiro atoms. The van der Waals surface area contributed by atoms with Gasteiger partial charge in [-0.2, -0.15) is 5.26 Å². The molecule has 2 nitrogen and oxygen atoms in total. The molecule has 0 saturated carbocycles. The minimum atomic E-state index is 1.19. The summed E-state index contributed by atoms with van der Waals surface area (Å²) in [5.74, 6) is 0. The van der Waals surface area contributed by atoms with Crippen LogP contribution in [0.4, 0.5) is 0 Å². The van der Waals surface area contributed by atoms with E-state index in [0.717, 1.165) is 0 Å². The normalized spacial score (nSPS) is 7.54. The number of hydrogen-bond acceptors (Lipinski definition) is 2. The zero-order chi connectivity index (χ0) is 11.1. The SMILES string of the molecule is CC#N.CCC.CCN(CC)CC. The van der Waals surface area contributed by atoms with E-state index in [1.165, 1.54) is 33.0 Å². The maximum Gasteiger partial charge on any atom is 0.0587 e. The molecule has 0 radical (unpaired) electrons. The Bertz CT molecular complexity index is 85.2. The Hall–Kier alpha value is -0.550. The van der Waals surface area contributed by atoms with Gasteiger partial charge in [0, 0.05) is 6.92 Å². The summed E-state index contributed by atoms with van der Waals surface area (Å²) in [7, 11) is 0. The molecule has 0 rings (SSSR count). The lowest BCUT2D eigenvalue weighted by molar-refractivity contribution is 0.321. The van der Waals surface area contributed by atoms with E-state index in [-0.39, 0.29) is 0 Å². The predicted molar refractivity (Wildman–Crippen MR) is 60.7 cm³/mol. The molecular formula is C11H26N2. The predicted octanol–water partition coefficient (Wildman–Crippen LogP) is 3.29. The Balaban J connectivity index is -0.000000140. The van der Waals surface area contributed by atoms with Gasteiger partial charge in [0.05, 0.1) is 6.07 Å². The van der Waals surface area contributed by atoms with Gasteiger partial charge in [-0.15, -0.1) is 0 Å². The van der Waals surface area contributed by atoms with E-state index >= 15 is 0 Å². The van der Waals surface area contributed by atoms with E-state index < -0.39 is 0 Å². The Morgan fingerprint density at radius 3 is 1.08 bits per heavy atom. The second kappa shape index (κ2) is 22.5. The molecule has 0 aliphatic heterocycles. The van der Waals surface area contributed by atoms with Crippen LogP contribution in [0.1, 0.15) is 48.0 Å². The van der Waals surface area contributed by atoms with E-state index in [4.69, 9.17) is 5.26 Å². The first-order valence-electron chi connectivity index (χ1n) is 5.21. The Morgan fingerprint density at radius 1 is 0.923 bits per heavy atom. The number of nitriles is 1. The molecule has 0 aliphatic rings. The smallest absolute Gasteiger partial charge is 0.0587 e. The highest BCUT2D eigenvalue weighted by Crippen LogP contribution is 1.81. The summed E-state index contributed by atoms with van der Waals surface area (Å²) < 4.78 is 0. The van der Waals surface area contributed by atoms with E-state index in [2.05, 4.69) is 39.5 Å². The van der Waals surface area contributed by atoms with Crippen LogP contribution in [0.3, 0.4) is 0 Å². The van der Waals surface area contributed by atoms with Crippen molar-refractivity contribution in [1.82, 2.24) is 4.90 Å². The van der Waals surface area contributed by atoms with Crippen molar-refractivity contribution in [1.29, 1.82) is 5.26 Å². The van der Waals surface area contributed by atoms with Crippen LogP contribution < -0.4 is 0 Å². The van der Waals surface area contributed by atoms with E-state index in [0.29, 0.717) is 0 Å². The van der Waals surface area contributed by atoms with Gasteiger partial charge in [0.15, 0.2) is 0 Å². The van der Waals surface area contributed by atoms with Crippen LogP contribution in [-0.4, -0.2) is 24.5 Å². The largest absolute Gasteiger partial charge is 0.304 e. The zero-order valence-electron chi connectivity index (χ0n) is 10.2. The van der Waals surface area contributed by atoms with Gasteiger partial charge in [-0.3, -0.25) is 0 Å². The fraction of sp³-hybridized carbons (Fsp3) is 0.909. The van der Waals surface area contributed by atoms with Crippen LogP contribution in [0.2, 0.25) is 0 Å². The molecule has 0 bridgehead atoms. The van der Waals surface area contributed by atoms with Gasteiger partial charge >= 0.3 is 0 Å². The maximum absolute atomic E-state index is 7.32. The van der Waals surface area contributed by atoms with Crippen LogP contribution >= 0.6 is 0 Å². The summed E-state index contributed by atoms with van der Waals surface area (Å²) in [4.78, 5) is 2.38. The zero-order valence-corrected chi connectivity index (χ0v) is 10.2. The van der Waals surface area contributed by atoms with Crippen LogP contribution in [0.5, 0.6) is 0 Å². The third-order valence-corrected chi connectivity index (χ3v) is 1.34. The van der Waals surface area contributed by atoms with Crippen molar-refractivity contribution in [2.24, 2.45) is 0 Å². The summed E-state index contributed by atoms with van der Waals surface area (Å²) in [5.41, 5.74) is 0. The van der Waals surface area contributed by atoms with Crippen LogP contribution in [0, 0.1) is 11.3 Å². The lowest BCUT2D eigenvalue weighted by Crippen LogP contribution is -2.21. The quantitative estimate of drug-likeness (QED) is 0.676. The Morgan fingerprint density at radius 2 is 1.08 bits per heavy atom. The molecule has 0 N–H and O–H groups in total. The summed E-state index contributed by atoms with van der Waals surface area (Å²) >= 11 is 0. The molecule has 0 amide bonds. The van der Waals surface area contributed by atoms with Crippen LogP contribution in [0.15, 0.2) is 0 Å². The van der Waals surface area contributed by atoms with Gasteiger partial charge < -0.3 is 4.90 Å². The lowest BCUT2D eigenvalue weighted by Gasteiger charge is -2.13. The van der Waals surface area contributed by atoms with Crippen molar-refractivity contribution in [3.8, 4) is 6.07 Å². The first-order chi connectivity index (χ1) is 6.17. The minimum absolute atomic E-state index is 1.19. The van der Waals surface area contributed by atoms with Crippen molar-refractivity contribution in [2.45, 2.75) is 48.0 Å². The molecular weight excluding hydrogens is 160 g/mol. The topological polar surface area (TPSA) is 27.0 Å². The molecule has 13 heavy (non-hydrogen) atoms. The number of nitrogens with zero attached hydrogens (tertiary/aromatic N) is 2. The molecule has 0 atom stereocenters. The van der Waals surface area contributed by atoms with Crippen molar-refractivity contribution < 1.29 is 0 Å². The maximum atomic E-state index is 7.32. The van der Waals surface area contributed by atoms with Gasteiger partial charge in [0.2, 0.25) is 0 Å². The summed E-state index contributed by atoms with van der Waals surface area (Å²) in [6, 6.07) is 1.75. The van der Waals surface area contributed by atoms with Crippen LogP contribution in [-0.2, 0) is 0 Å². The first kappa shape index (κ1) is 18.3. The molecule has 80 valence electrons. The van der Waals surface area contributed by atoms with Crippen molar-refractivity contribution in [2.75, 3.05) is 19.6 Å². The molecule has 2 heteroatoms. The fourth-order valence-corrected chi connectivity index (χ4v) is 0.671. The second-order valence-corrected chi connectivity index (χ2v) is 2.55. The highest BCUT2D eigenvalue weighted by Gasteiger charge is 1.89. The average Bonchev–Trinajstić information content (AvgIpc) is 2.10. The van der Waals surface area contributed by atoms with E-state index in [9.17, 15) is 0 Å². The number of hydrogen-bond donors (Lipinski definition) is 0. The van der Waals surface area contributed by atoms with Gasteiger partial charge in [0.25, 0.3) is 0 Å². The third kappa shape index (κ3) is 34.4. The van der Waals surface area contributed by atoms with Gasteiger partial charge in [-0.25, -0.2) is 0 Å². The Kier molecular flexibility index (Phi) is 31.7. The summed E-state index contributed by atoms with van der Waals surface area (Å²) in [5, 5.41) is 7.32. The van der Waals surface area contributed by atoms with Crippen molar-refractivity contribution in [3.63, 3.8) is 0 Å². The highest BCUT2D eigenvalue weighted by molar-refractivity contribution is 4.51. The first-order valence-corrected chi connectivity index (χ1v) is 5.21. The summed E-state index contributed by atoms with van der Waals surface area (Å²) in [6.07, 6.45) is 1.25. The Labute approximate surface area is 84.6 Å². The summed E-state index contributed by atoms with van der Waals surface area (Å²) in [6.45, 7) is 15.8. The second-order valence-electron chi connectivity index (χ2n) is 2.55. The monoisotopic (exact) mass is 186 g/mol. The van der Waals surface area contributed by atoms with Gasteiger partial charge in [0.1, 0.15) is 0 Å². The molecule has 0 aliphatic carbocycles. The molecule has 0 aromatic heterocycles. The van der Waals surface area contributed by atoms with Gasteiger partial charge in [-0.05, 0) is 19.6 Å². The molecule has 0 heterocycles. The highest BCUT2D eigenvalue weighted by atomic mass is 15.1. The van der Waals surface area contributed by atoms with Gasteiger partial charge in [-0.1, -0.05) is 41.0 Å². The van der Waals surface area contributed by atoms with Crippen molar-refractivity contribution >= 4 is 0 Å². The fourth-order valence-electron chi connectivity index (χ4n) is 0.671. The average molecular weight is 186 g/mol. The van der Waals surface area contributed by atoms with E-state index in [1.807, 2.05) is 0 Å². The standard InChI is InChI=1S/C6H15N.C3H8.C2H3N/c1-4-7(5-2)6-3;1-3-2;1-2-3/h4-6H2,1-3H3;3H2,1-2H3;1H3. The molecule has 0 saturated heterocycles. The minimum Gasteiger partial charge on any atom is -0.304 e. The molecule has 0 fully saturated rings. The van der Waals surface area contributed by atoms with Crippen LogP contribution in [0.25, 0.3) is 0 Å². The van der Waals surface area contributed by atoms with Crippen molar-refractivity contribution in [3.05, 3.63) is 0 Å². The number of rotatable bonds is 3. The van der Waals surface area contributed by atoms with E-state index in [1.54, 1.807) is 6.07 Å². The molecule has 0 aromatic rings.